The Kier molecular flexibility index (Phi) is 6.76. The normalized spacial score (nSPS) is 22.7. The van der Waals surface area contributed by atoms with Crippen LogP contribution in [0.2, 0.25) is 0 Å². The van der Waals surface area contributed by atoms with Gasteiger partial charge >= 0.3 is 0 Å². The quantitative estimate of drug-likeness (QED) is 0.404. The molecule has 1 aliphatic rings. The molecule has 178 valence electrons. The van der Waals surface area contributed by atoms with E-state index in [4.69, 9.17) is 0 Å². The third kappa shape index (κ3) is 4.84. The second-order valence-electron chi connectivity index (χ2n) is 9.13. The first-order chi connectivity index (χ1) is 15.3. The Morgan fingerprint density at radius 3 is 2.42 bits per heavy atom. The Labute approximate surface area is 191 Å². The molecule has 0 bridgehead atoms. The number of halogens is 1. The van der Waals surface area contributed by atoms with Crippen LogP contribution in [0.1, 0.15) is 63.9 Å². The summed E-state index contributed by atoms with van der Waals surface area (Å²) in [7, 11) is 1.60. The number of hydrogen-bond donors (Lipinski definition) is 4. The molecule has 1 saturated carbocycles. The molecule has 0 spiro atoms. The van der Waals surface area contributed by atoms with Crippen molar-refractivity contribution in [2.45, 2.75) is 64.7 Å². The lowest BCUT2D eigenvalue weighted by Crippen LogP contribution is -2.55. The first kappa shape index (κ1) is 24.6. The standard InChI is InChI=1S/C24H30FN3O5/c1-12-10-15(6-7-16(12)25)26-22(32)19-13(2)20(28(5)14(19)3)21(31)23(33)27-24(4)9-8-17(29)18(30)11-24/h6-7,10,17-18,29-30H,8-9,11H2,1-5H3,(H,26,32)(H,27,33)/t17-,18+,24?/m0/s1. The van der Waals surface area contributed by atoms with Crippen LogP contribution in [0.4, 0.5) is 10.1 Å². The number of rotatable bonds is 5. The van der Waals surface area contributed by atoms with Gasteiger partial charge in [0.25, 0.3) is 17.6 Å². The molecule has 1 aromatic heterocycles. The molecule has 3 rings (SSSR count). The highest BCUT2D eigenvalue weighted by Crippen LogP contribution is 2.29. The van der Waals surface area contributed by atoms with Gasteiger partial charge in [0.1, 0.15) is 5.82 Å². The van der Waals surface area contributed by atoms with Crippen molar-refractivity contribution in [2.24, 2.45) is 7.05 Å². The van der Waals surface area contributed by atoms with Crippen LogP contribution in [0, 0.1) is 26.6 Å². The number of nitrogens with one attached hydrogen (secondary N) is 2. The summed E-state index contributed by atoms with van der Waals surface area (Å²) in [4.78, 5) is 38.8. The number of aryl methyl sites for hydroxylation is 1. The monoisotopic (exact) mass is 459 g/mol. The van der Waals surface area contributed by atoms with E-state index >= 15 is 0 Å². The van der Waals surface area contributed by atoms with Crippen molar-refractivity contribution in [2.75, 3.05) is 5.32 Å². The molecule has 3 atom stereocenters. The molecule has 0 aliphatic heterocycles. The van der Waals surface area contributed by atoms with Crippen molar-refractivity contribution in [3.63, 3.8) is 0 Å². The van der Waals surface area contributed by atoms with Crippen LogP contribution in [0.15, 0.2) is 18.2 Å². The molecular weight excluding hydrogens is 429 g/mol. The Balaban J connectivity index is 1.83. The van der Waals surface area contributed by atoms with E-state index in [1.807, 2.05) is 0 Å². The maximum absolute atomic E-state index is 13.5. The van der Waals surface area contributed by atoms with Crippen LogP contribution in [0.3, 0.4) is 0 Å². The van der Waals surface area contributed by atoms with E-state index in [-0.39, 0.29) is 23.5 Å². The number of Topliss-reactive ketones (excluding diaryl/α,β-unsaturated/α-hetero) is 1. The van der Waals surface area contributed by atoms with Crippen LogP contribution >= 0.6 is 0 Å². The van der Waals surface area contributed by atoms with Crippen molar-refractivity contribution >= 4 is 23.3 Å². The van der Waals surface area contributed by atoms with E-state index in [9.17, 15) is 29.0 Å². The average molecular weight is 460 g/mol. The van der Waals surface area contributed by atoms with Gasteiger partial charge in [-0.1, -0.05) is 0 Å². The van der Waals surface area contributed by atoms with Crippen LogP contribution in [-0.4, -0.2) is 50.1 Å². The zero-order valence-corrected chi connectivity index (χ0v) is 19.5. The molecule has 0 saturated heterocycles. The summed E-state index contributed by atoms with van der Waals surface area (Å²) in [5.41, 5.74) is 1.18. The fourth-order valence-corrected chi connectivity index (χ4v) is 4.46. The van der Waals surface area contributed by atoms with Crippen LogP contribution in [-0.2, 0) is 11.8 Å². The summed E-state index contributed by atoms with van der Waals surface area (Å²) in [6.45, 7) is 6.58. The number of aliphatic hydroxyl groups is 2. The van der Waals surface area contributed by atoms with Crippen molar-refractivity contribution in [1.82, 2.24) is 9.88 Å². The van der Waals surface area contributed by atoms with Gasteiger partial charge in [0, 0.05) is 24.0 Å². The summed E-state index contributed by atoms with van der Waals surface area (Å²) in [6.07, 6.45) is -0.983. The van der Waals surface area contributed by atoms with Crippen molar-refractivity contribution < 1.29 is 29.0 Å². The molecule has 2 amide bonds. The molecule has 1 aromatic carbocycles. The van der Waals surface area contributed by atoms with Crippen molar-refractivity contribution in [1.29, 1.82) is 0 Å². The Morgan fingerprint density at radius 2 is 1.82 bits per heavy atom. The van der Waals surface area contributed by atoms with Crippen LogP contribution < -0.4 is 10.6 Å². The molecular formula is C24H30FN3O5. The number of amides is 2. The summed E-state index contributed by atoms with van der Waals surface area (Å²) in [6, 6.07) is 4.22. The lowest BCUT2D eigenvalue weighted by atomic mass is 9.80. The number of ketones is 1. The molecule has 2 aromatic rings. The van der Waals surface area contributed by atoms with E-state index < -0.39 is 35.3 Å². The third-order valence-corrected chi connectivity index (χ3v) is 6.51. The largest absolute Gasteiger partial charge is 0.390 e. The average Bonchev–Trinajstić information content (AvgIpc) is 2.95. The van der Waals surface area contributed by atoms with E-state index in [0.29, 0.717) is 35.3 Å². The zero-order valence-electron chi connectivity index (χ0n) is 19.5. The zero-order chi connectivity index (χ0) is 24.7. The second-order valence-corrected chi connectivity index (χ2v) is 9.13. The van der Waals surface area contributed by atoms with Gasteiger partial charge in [0.15, 0.2) is 0 Å². The maximum Gasteiger partial charge on any atom is 0.294 e. The minimum Gasteiger partial charge on any atom is -0.390 e. The number of aliphatic hydroxyl groups excluding tert-OH is 2. The van der Waals surface area contributed by atoms with E-state index in [2.05, 4.69) is 10.6 Å². The minimum atomic E-state index is -0.983. The second kappa shape index (κ2) is 9.07. The van der Waals surface area contributed by atoms with E-state index in [0.717, 1.165) is 0 Å². The lowest BCUT2D eigenvalue weighted by Gasteiger charge is -2.39. The maximum atomic E-state index is 13.5. The number of anilines is 1. The number of carbonyl (C=O) groups is 3. The van der Waals surface area contributed by atoms with Crippen LogP contribution in [0.25, 0.3) is 0 Å². The van der Waals surface area contributed by atoms with Gasteiger partial charge in [0.2, 0.25) is 0 Å². The van der Waals surface area contributed by atoms with Crippen LogP contribution in [0.5, 0.6) is 0 Å². The molecule has 33 heavy (non-hydrogen) atoms. The summed E-state index contributed by atoms with van der Waals surface area (Å²) in [5.74, 6) is -2.49. The minimum absolute atomic E-state index is 0.0884. The van der Waals surface area contributed by atoms with Gasteiger partial charge < -0.3 is 25.4 Å². The number of hydrogen-bond acceptors (Lipinski definition) is 5. The summed E-state index contributed by atoms with van der Waals surface area (Å²) in [5, 5.41) is 25.1. The highest BCUT2D eigenvalue weighted by atomic mass is 19.1. The number of carbonyl (C=O) groups excluding carboxylic acids is 3. The Morgan fingerprint density at radius 1 is 1.15 bits per heavy atom. The topological polar surface area (TPSA) is 121 Å². The lowest BCUT2D eigenvalue weighted by molar-refractivity contribution is -0.120. The molecule has 1 aliphatic carbocycles. The Hall–Kier alpha value is -3.04. The van der Waals surface area contributed by atoms with Gasteiger partial charge in [-0.15, -0.1) is 0 Å². The summed E-state index contributed by atoms with van der Waals surface area (Å²) < 4.78 is 15.0. The fourth-order valence-electron chi connectivity index (χ4n) is 4.46. The highest BCUT2D eigenvalue weighted by molar-refractivity contribution is 6.43. The SMILES string of the molecule is Cc1cc(NC(=O)c2c(C)c(C(=O)C(=O)NC3(C)CC[C@H](O)[C@H](O)C3)n(C)c2C)ccc1F. The van der Waals surface area contributed by atoms with Gasteiger partial charge in [-0.05, 0) is 76.3 Å². The molecule has 1 fully saturated rings. The molecule has 0 radical (unpaired) electrons. The van der Waals surface area contributed by atoms with Crippen molar-refractivity contribution in [3.05, 3.63) is 52.1 Å². The van der Waals surface area contributed by atoms with Crippen molar-refractivity contribution in [3.8, 4) is 0 Å². The highest BCUT2D eigenvalue weighted by Gasteiger charge is 2.39. The molecule has 1 unspecified atom stereocenters. The predicted octanol–water partition coefficient (Wildman–Crippen LogP) is 2.31. The summed E-state index contributed by atoms with van der Waals surface area (Å²) >= 11 is 0. The first-order valence-corrected chi connectivity index (χ1v) is 10.8. The van der Waals surface area contributed by atoms with E-state index in [1.54, 1.807) is 34.7 Å². The van der Waals surface area contributed by atoms with Gasteiger partial charge in [-0.3, -0.25) is 14.4 Å². The number of nitrogens with zero attached hydrogens (tertiary/aromatic N) is 1. The van der Waals surface area contributed by atoms with Gasteiger partial charge in [-0.25, -0.2) is 4.39 Å². The number of benzene rings is 1. The van der Waals surface area contributed by atoms with E-state index in [1.165, 1.54) is 22.8 Å². The first-order valence-electron chi connectivity index (χ1n) is 10.8. The third-order valence-electron chi connectivity index (χ3n) is 6.51. The number of aromatic nitrogens is 1. The van der Waals surface area contributed by atoms with Gasteiger partial charge in [0.05, 0.1) is 23.5 Å². The molecule has 4 N–H and O–H groups in total. The smallest absolute Gasteiger partial charge is 0.294 e. The molecule has 8 nitrogen and oxygen atoms in total. The fraction of sp³-hybridized carbons (Fsp3) is 0.458. The molecule has 9 heteroatoms. The predicted molar refractivity (Wildman–Crippen MR) is 121 cm³/mol. The molecule has 1 heterocycles. The van der Waals surface area contributed by atoms with Gasteiger partial charge in [-0.2, -0.15) is 0 Å². The Bertz CT molecular complexity index is 1130.